The second kappa shape index (κ2) is 5.28. The molecule has 2 aliphatic rings. The highest BCUT2D eigenvalue weighted by Crippen LogP contribution is 2.42. The molecule has 7 nitrogen and oxygen atoms in total. The first kappa shape index (κ1) is 13.7. The van der Waals surface area contributed by atoms with E-state index in [0.29, 0.717) is 16.7 Å². The van der Waals surface area contributed by atoms with E-state index in [1.165, 1.54) is 30.6 Å². The van der Waals surface area contributed by atoms with E-state index in [1.54, 1.807) is 6.07 Å². The van der Waals surface area contributed by atoms with Gasteiger partial charge in [-0.05, 0) is 17.7 Å². The van der Waals surface area contributed by atoms with Crippen LogP contribution in [0.2, 0.25) is 0 Å². The van der Waals surface area contributed by atoms with Crippen LogP contribution in [-0.2, 0) is 9.59 Å². The van der Waals surface area contributed by atoms with Crippen molar-refractivity contribution in [1.29, 1.82) is 0 Å². The summed E-state index contributed by atoms with van der Waals surface area (Å²) in [6, 6.07) is 5.47. The van der Waals surface area contributed by atoms with Gasteiger partial charge in [0.2, 0.25) is 18.6 Å². The fourth-order valence-corrected chi connectivity index (χ4v) is 3.17. The highest BCUT2D eigenvalue weighted by atomic mass is 32.2. The summed E-state index contributed by atoms with van der Waals surface area (Å²) in [5, 5.41) is 8.15. The average molecular weight is 307 g/mol. The van der Waals surface area contributed by atoms with Crippen LogP contribution >= 0.6 is 11.8 Å². The van der Waals surface area contributed by atoms with Crippen molar-refractivity contribution in [2.45, 2.75) is 19.2 Å². The van der Waals surface area contributed by atoms with Crippen molar-refractivity contribution in [2.75, 3.05) is 6.79 Å². The summed E-state index contributed by atoms with van der Waals surface area (Å²) in [5.74, 6) is 0.894. The van der Waals surface area contributed by atoms with Crippen molar-refractivity contribution in [1.82, 2.24) is 10.3 Å². The first-order valence-corrected chi connectivity index (χ1v) is 7.15. The predicted octanol–water partition coefficient (Wildman–Crippen LogP) is 1.42. The Morgan fingerprint density at radius 2 is 2.10 bits per heavy atom. The minimum atomic E-state index is -0.334. The molecule has 1 atom stereocenters. The number of nitrogens with one attached hydrogen (secondary N) is 1. The maximum absolute atomic E-state index is 11.7. The number of ether oxygens (including phenoxy) is 2. The molecule has 2 heterocycles. The second-order valence-corrected chi connectivity index (χ2v) is 5.60. The topological polar surface area (TPSA) is 80.2 Å². The summed E-state index contributed by atoms with van der Waals surface area (Å²) in [5.41, 5.74) is 0.851. The molecule has 0 saturated heterocycles. The van der Waals surface area contributed by atoms with Crippen LogP contribution in [0.15, 0.2) is 23.3 Å². The molecule has 0 aliphatic carbocycles. The Labute approximate surface area is 125 Å². The molecule has 1 aromatic carbocycles. The van der Waals surface area contributed by atoms with Crippen LogP contribution < -0.4 is 14.8 Å². The molecule has 0 spiro atoms. The van der Waals surface area contributed by atoms with E-state index in [9.17, 15) is 9.59 Å². The number of carbonyl (C=O) groups excluding carboxylic acids is 2. The van der Waals surface area contributed by atoms with Gasteiger partial charge in [0.05, 0.1) is 0 Å². The van der Waals surface area contributed by atoms with Gasteiger partial charge in [0, 0.05) is 13.8 Å². The first-order chi connectivity index (χ1) is 10.0. The zero-order chi connectivity index (χ0) is 15.0. The molecule has 0 saturated carbocycles. The number of nitrogens with zero attached hydrogens (tertiary/aromatic N) is 2. The largest absolute Gasteiger partial charge is 0.454 e. The van der Waals surface area contributed by atoms with Crippen LogP contribution in [0.3, 0.4) is 0 Å². The van der Waals surface area contributed by atoms with E-state index in [0.717, 1.165) is 5.56 Å². The second-order valence-electron chi connectivity index (χ2n) is 4.53. The van der Waals surface area contributed by atoms with Crippen molar-refractivity contribution in [3.05, 3.63) is 23.8 Å². The van der Waals surface area contributed by atoms with Crippen LogP contribution in [-0.4, -0.2) is 28.8 Å². The van der Waals surface area contributed by atoms with Crippen molar-refractivity contribution >= 4 is 28.7 Å². The van der Waals surface area contributed by atoms with Gasteiger partial charge in [-0.15, -0.1) is 5.10 Å². The molecular formula is C13H13N3O4S. The maximum Gasteiger partial charge on any atom is 0.241 e. The number of rotatable bonds is 1. The van der Waals surface area contributed by atoms with E-state index in [-0.39, 0.29) is 24.0 Å². The molecule has 1 aromatic rings. The van der Waals surface area contributed by atoms with Gasteiger partial charge >= 0.3 is 0 Å². The smallest absolute Gasteiger partial charge is 0.241 e. The Kier molecular flexibility index (Phi) is 3.46. The first-order valence-electron chi connectivity index (χ1n) is 6.27. The van der Waals surface area contributed by atoms with Crippen LogP contribution in [0, 0.1) is 0 Å². The summed E-state index contributed by atoms with van der Waals surface area (Å²) in [4.78, 5) is 22.9. The van der Waals surface area contributed by atoms with E-state index in [1.807, 2.05) is 12.1 Å². The number of benzene rings is 1. The van der Waals surface area contributed by atoms with Gasteiger partial charge in [0.1, 0.15) is 5.37 Å². The molecule has 0 aromatic heterocycles. The Balaban J connectivity index is 1.87. The Hall–Kier alpha value is -2.22. The summed E-state index contributed by atoms with van der Waals surface area (Å²) in [6.45, 7) is 3.02. The highest BCUT2D eigenvalue weighted by Gasteiger charge is 2.33. The summed E-state index contributed by atoms with van der Waals surface area (Å²) in [6.07, 6.45) is 0. The fraction of sp³-hybridized carbons (Fsp3) is 0.308. The van der Waals surface area contributed by atoms with Crippen molar-refractivity contribution in [3.8, 4) is 11.5 Å². The van der Waals surface area contributed by atoms with Gasteiger partial charge < -0.3 is 14.8 Å². The monoisotopic (exact) mass is 307 g/mol. The summed E-state index contributed by atoms with van der Waals surface area (Å²) in [7, 11) is 0. The standard InChI is InChI=1S/C13H13N3O4S/c1-7(17)14-13-15-16(8(2)18)12(21-13)9-3-4-10-11(5-9)20-6-19-10/h3-5,12H,6H2,1-2H3,(H,14,15,17). The molecule has 2 aliphatic heterocycles. The molecule has 1 N–H and O–H groups in total. The third kappa shape index (κ3) is 2.66. The molecule has 0 bridgehead atoms. The lowest BCUT2D eigenvalue weighted by Crippen LogP contribution is -2.25. The van der Waals surface area contributed by atoms with Gasteiger partial charge in [0.15, 0.2) is 16.7 Å². The minimum absolute atomic E-state index is 0.195. The van der Waals surface area contributed by atoms with Gasteiger partial charge in [-0.2, -0.15) is 0 Å². The van der Waals surface area contributed by atoms with Gasteiger partial charge in [-0.3, -0.25) is 9.59 Å². The number of hydrogen-bond donors (Lipinski definition) is 1. The van der Waals surface area contributed by atoms with Crippen molar-refractivity contribution in [3.63, 3.8) is 0 Å². The lowest BCUT2D eigenvalue weighted by atomic mass is 10.2. The number of amides is 2. The minimum Gasteiger partial charge on any atom is -0.454 e. The van der Waals surface area contributed by atoms with Crippen LogP contribution in [0.5, 0.6) is 11.5 Å². The quantitative estimate of drug-likeness (QED) is 0.848. The lowest BCUT2D eigenvalue weighted by molar-refractivity contribution is -0.129. The lowest BCUT2D eigenvalue weighted by Gasteiger charge is -2.19. The Bertz CT molecular complexity index is 646. The Morgan fingerprint density at radius 1 is 1.33 bits per heavy atom. The average Bonchev–Trinajstić information content (AvgIpc) is 3.02. The number of hydrogen-bond acceptors (Lipinski definition) is 6. The van der Waals surface area contributed by atoms with Gasteiger partial charge in [-0.1, -0.05) is 17.8 Å². The number of carbonyl (C=O) groups is 2. The van der Waals surface area contributed by atoms with Crippen LogP contribution in [0.4, 0.5) is 0 Å². The third-order valence-corrected chi connectivity index (χ3v) is 4.03. The molecule has 1 unspecified atom stereocenters. The van der Waals surface area contributed by atoms with Crippen LogP contribution in [0.25, 0.3) is 0 Å². The molecule has 0 fully saturated rings. The number of thioether (sulfide) groups is 1. The van der Waals surface area contributed by atoms with E-state index in [2.05, 4.69) is 10.4 Å². The van der Waals surface area contributed by atoms with E-state index >= 15 is 0 Å². The summed E-state index contributed by atoms with van der Waals surface area (Å²) >= 11 is 1.30. The highest BCUT2D eigenvalue weighted by molar-refractivity contribution is 8.14. The van der Waals surface area contributed by atoms with Crippen molar-refractivity contribution in [2.24, 2.45) is 5.10 Å². The zero-order valence-corrected chi connectivity index (χ0v) is 12.3. The molecule has 0 radical (unpaired) electrons. The Morgan fingerprint density at radius 3 is 2.81 bits per heavy atom. The number of amidine groups is 1. The van der Waals surface area contributed by atoms with Crippen molar-refractivity contribution < 1.29 is 19.1 Å². The molecule has 2 amide bonds. The number of fused-ring (bicyclic) bond motifs is 1. The van der Waals surface area contributed by atoms with Gasteiger partial charge in [-0.25, -0.2) is 5.01 Å². The third-order valence-electron chi connectivity index (χ3n) is 2.93. The molecular weight excluding hydrogens is 294 g/mol. The molecule has 8 heteroatoms. The molecule has 3 rings (SSSR count). The summed E-state index contributed by atoms with van der Waals surface area (Å²) < 4.78 is 10.6. The maximum atomic E-state index is 11.7. The molecule has 21 heavy (non-hydrogen) atoms. The predicted molar refractivity (Wildman–Crippen MR) is 76.7 cm³/mol. The molecule has 110 valence electrons. The SMILES string of the molecule is CC(=O)NC1=NN(C(C)=O)C(c2ccc3c(c2)OCO3)S1. The van der Waals surface area contributed by atoms with E-state index in [4.69, 9.17) is 9.47 Å². The number of hydrazone groups is 1. The fourth-order valence-electron chi connectivity index (χ4n) is 2.05. The van der Waals surface area contributed by atoms with Crippen LogP contribution in [0.1, 0.15) is 24.8 Å². The normalized spacial score (nSPS) is 19.4. The van der Waals surface area contributed by atoms with E-state index < -0.39 is 0 Å². The zero-order valence-electron chi connectivity index (χ0n) is 11.5. The van der Waals surface area contributed by atoms with Gasteiger partial charge in [0.25, 0.3) is 0 Å².